The van der Waals surface area contributed by atoms with Gasteiger partial charge < -0.3 is 68.4 Å². The molecule has 5 unspecified atom stereocenters. The number of hydrogen-bond donors (Lipinski definition) is 13. The number of aromatic hydroxyl groups is 2. The number of aromatic nitrogens is 5. The number of nitrogen functional groups attached to an aromatic ring is 1. The van der Waals surface area contributed by atoms with E-state index in [1.807, 2.05) is 0 Å². The summed E-state index contributed by atoms with van der Waals surface area (Å²) in [5, 5.41) is 63.9. The SMILES string of the molecule is CC(CCC(=O)NCC(N)C(=O)NC(CC(=O)O)C(=O)NC(CSc1cc(O)n(CC(=O)ON2CSSCC2O)c1O)C(=O)O)NC(=O)c1ccc(NCc2cnc3nc(N)[nH]c(=O)c3n2)cc1. The van der Waals surface area contributed by atoms with Crippen molar-refractivity contribution >= 4 is 97.7 Å². The fourth-order valence-corrected chi connectivity index (χ4v) is 8.89. The zero-order valence-electron chi connectivity index (χ0n) is 35.7. The van der Waals surface area contributed by atoms with Gasteiger partial charge in [-0.3, -0.25) is 38.3 Å². The molecule has 4 heterocycles. The fraction of sp³-hybridized carbons (Fsp3) is 0.395. The number of fused-ring (bicyclic) bond motifs is 1. The molecule has 15 N–H and O–H groups in total. The molecule has 4 amide bonds. The largest absolute Gasteiger partial charge is 0.494 e. The third-order valence-electron chi connectivity index (χ3n) is 9.51. The molecule has 5 rings (SSSR count). The number of rotatable bonds is 23. The molecule has 4 aromatic rings. The summed E-state index contributed by atoms with van der Waals surface area (Å²) in [7, 11) is 2.70. The van der Waals surface area contributed by atoms with Gasteiger partial charge in [0.1, 0.15) is 24.7 Å². The van der Waals surface area contributed by atoms with Crippen LogP contribution >= 0.6 is 33.3 Å². The summed E-state index contributed by atoms with van der Waals surface area (Å²) in [5.41, 5.74) is 12.5. The van der Waals surface area contributed by atoms with Gasteiger partial charge in [0.2, 0.25) is 29.5 Å². The number of nitrogens with two attached hydrogens (primary N) is 2. The van der Waals surface area contributed by atoms with Crippen molar-refractivity contribution in [2.24, 2.45) is 5.73 Å². The first-order valence-electron chi connectivity index (χ1n) is 20.2. The van der Waals surface area contributed by atoms with Gasteiger partial charge in [-0.15, -0.1) is 11.8 Å². The van der Waals surface area contributed by atoms with E-state index in [9.17, 15) is 63.9 Å². The minimum atomic E-state index is -1.82. The Hall–Kier alpha value is -6.86. The Morgan fingerprint density at radius 1 is 1.01 bits per heavy atom. The van der Waals surface area contributed by atoms with Gasteiger partial charge in [0.15, 0.2) is 23.3 Å². The lowest BCUT2D eigenvalue weighted by molar-refractivity contribution is -0.221. The van der Waals surface area contributed by atoms with Crippen molar-refractivity contribution in [3.63, 3.8) is 0 Å². The zero-order valence-corrected chi connectivity index (χ0v) is 38.2. The number of H-pyrrole nitrogens is 1. The summed E-state index contributed by atoms with van der Waals surface area (Å²) in [6.45, 7) is 0.761. The van der Waals surface area contributed by atoms with Crippen molar-refractivity contribution in [3.05, 3.63) is 58.1 Å². The Bertz CT molecular complexity index is 2570. The Labute approximate surface area is 396 Å². The summed E-state index contributed by atoms with van der Waals surface area (Å²) >= 11 is 0.651. The number of carbonyl (C=O) groups is 7. The maximum Gasteiger partial charge on any atom is 0.345 e. The first-order valence-corrected chi connectivity index (χ1v) is 23.6. The highest BCUT2D eigenvalue weighted by Crippen LogP contribution is 2.36. The van der Waals surface area contributed by atoms with E-state index in [0.29, 0.717) is 28.7 Å². The Morgan fingerprint density at radius 2 is 1.74 bits per heavy atom. The van der Waals surface area contributed by atoms with Crippen LogP contribution in [0, 0.1) is 0 Å². The van der Waals surface area contributed by atoms with E-state index in [2.05, 4.69) is 46.5 Å². The Balaban J connectivity index is 1.03. The van der Waals surface area contributed by atoms with Crippen LogP contribution in [0.4, 0.5) is 11.6 Å². The first kappa shape index (κ1) is 52.1. The third-order valence-corrected chi connectivity index (χ3v) is 12.8. The van der Waals surface area contributed by atoms with Crippen LogP contribution in [0.5, 0.6) is 11.8 Å². The maximum absolute atomic E-state index is 13.1. The molecule has 0 radical (unpaired) electrons. The predicted molar refractivity (Wildman–Crippen MR) is 244 cm³/mol. The molecule has 0 aliphatic carbocycles. The van der Waals surface area contributed by atoms with Gasteiger partial charge in [-0.25, -0.2) is 19.6 Å². The number of anilines is 2. The van der Waals surface area contributed by atoms with E-state index in [0.717, 1.165) is 15.7 Å². The topological polar surface area (TPSA) is 422 Å². The highest BCUT2D eigenvalue weighted by Gasteiger charge is 2.31. The molecular formula is C38H47N13O14S3. The van der Waals surface area contributed by atoms with E-state index < -0.39 is 115 Å². The molecule has 1 aliphatic heterocycles. The van der Waals surface area contributed by atoms with Gasteiger partial charge >= 0.3 is 17.9 Å². The Morgan fingerprint density at radius 3 is 2.43 bits per heavy atom. The average molecular weight is 1010 g/mol. The molecule has 5 atom stereocenters. The van der Waals surface area contributed by atoms with Crippen LogP contribution in [0.15, 0.2) is 46.2 Å². The molecule has 1 aromatic carbocycles. The van der Waals surface area contributed by atoms with Crippen molar-refractivity contribution in [2.75, 3.05) is 35.0 Å². The number of hydrogen-bond acceptors (Lipinski definition) is 22. The number of carboxylic acid groups (broad SMARTS) is 2. The standard InChI is InChI=1S/C38H47N13O14S3/c1-17(44-32(58)18-3-5-19(6-4-18)41-10-20-11-43-31-30(45-20)35(61)49-38(40)48-31)2-7-25(52)42-12-21(39)33(59)46-22(8-28(55)56)34(60)47-23(37(63)64)14-66-24-9-26(53)50(36(24)62)13-29(57)65-51-16-68-67-15-27(51)54/h3-6,9,11,17,21-23,27,41,53-54,62H,2,7-8,10,12-16,39H2,1H3,(H,42,52)(H,44,58)(H,46,59)(H,47,60)(H,55,56)(H,63,64)(H3,40,43,48,49,61). The molecule has 0 bridgehead atoms. The zero-order chi connectivity index (χ0) is 49.7. The van der Waals surface area contributed by atoms with Crippen LogP contribution in [-0.2, 0) is 46.7 Å². The second kappa shape index (κ2) is 24.2. The van der Waals surface area contributed by atoms with Crippen molar-refractivity contribution in [1.82, 2.24) is 50.8 Å². The molecule has 27 nitrogen and oxygen atoms in total. The van der Waals surface area contributed by atoms with Crippen LogP contribution < -0.4 is 43.6 Å². The summed E-state index contributed by atoms with van der Waals surface area (Å²) in [6, 6.07) is 2.01. The van der Waals surface area contributed by atoms with Gasteiger partial charge in [-0.05, 0) is 37.6 Å². The number of carboxylic acids is 2. The predicted octanol–water partition coefficient (Wildman–Crippen LogP) is -1.79. The first-order chi connectivity index (χ1) is 32.3. The van der Waals surface area contributed by atoms with E-state index >= 15 is 0 Å². The van der Waals surface area contributed by atoms with E-state index in [1.165, 1.54) is 27.8 Å². The van der Waals surface area contributed by atoms with E-state index in [-0.39, 0.29) is 53.0 Å². The quantitative estimate of drug-likeness (QED) is 0.0288. The molecule has 3 aromatic heterocycles. The summed E-state index contributed by atoms with van der Waals surface area (Å²) < 4.78 is 0.764. The number of carbonyl (C=O) groups excluding carboxylic acids is 5. The van der Waals surface area contributed by atoms with Crippen LogP contribution in [-0.4, -0.2) is 151 Å². The lowest BCUT2D eigenvalue weighted by atomic mass is 10.1. The lowest BCUT2D eigenvalue weighted by Crippen LogP contribution is -2.57. The van der Waals surface area contributed by atoms with Crippen molar-refractivity contribution < 1.29 is 63.9 Å². The van der Waals surface area contributed by atoms with Gasteiger partial charge in [0.05, 0.1) is 35.6 Å². The number of hydroxylamine groups is 2. The van der Waals surface area contributed by atoms with Gasteiger partial charge in [0.25, 0.3) is 11.5 Å². The van der Waals surface area contributed by atoms with E-state index in [1.54, 1.807) is 31.2 Å². The molecule has 0 saturated carbocycles. The number of nitrogens with zero attached hydrogens (tertiary/aromatic N) is 5. The Kier molecular flexibility index (Phi) is 18.6. The summed E-state index contributed by atoms with van der Waals surface area (Å²) in [6.07, 6.45) is -0.513. The maximum atomic E-state index is 13.1. The van der Waals surface area contributed by atoms with Crippen LogP contribution in [0.1, 0.15) is 42.2 Å². The molecule has 0 spiro atoms. The molecule has 1 saturated heterocycles. The van der Waals surface area contributed by atoms with Crippen LogP contribution in [0.2, 0.25) is 0 Å². The minimum Gasteiger partial charge on any atom is -0.494 e. The highest BCUT2D eigenvalue weighted by atomic mass is 33.1. The molecular weight excluding hydrogens is 959 g/mol. The normalized spacial score (nSPS) is 15.5. The monoisotopic (exact) mass is 1010 g/mol. The number of benzene rings is 1. The van der Waals surface area contributed by atoms with Gasteiger partial charge in [0, 0.05) is 47.8 Å². The minimum absolute atomic E-state index is 0.0354. The molecule has 30 heteroatoms. The van der Waals surface area contributed by atoms with E-state index in [4.69, 9.17) is 16.3 Å². The highest BCUT2D eigenvalue weighted by molar-refractivity contribution is 8.76. The molecule has 68 heavy (non-hydrogen) atoms. The number of amides is 4. The van der Waals surface area contributed by atoms with Crippen molar-refractivity contribution in [2.45, 2.75) is 74.6 Å². The number of aliphatic carboxylic acids is 2. The number of thioether (sulfide) groups is 1. The lowest BCUT2D eigenvalue weighted by Gasteiger charge is -2.28. The number of aliphatic hydroxyl groups is 1. The summed E-state index contributed by atoms with van der Waals surface area (Å²) in [4.78, 5) is 119. The summed E-state index contributed by atoms with van der Waals surface area (Å²) in [5.74, 6) is -8.66. The van der Waals surface area contributed by atoms with Gasteiger partial charge in [-0.2, -0.15) is 4.98 Å². The van der Waals surface area contributed by atoms with Crippen LogP contribution in [0.3, 0.4) is 0 Å². The fourth-order valence-electron chi connectivity index (χ4n) is 5.91. The number of nitrogens with one attached hydrogen (secondary N) is 6. The van der Waals surface area contributed by atoms with Crippen molar-refractivity contribution in [1.29, 1.82) is 0 Å². The van der Waals surface area contributed by atoms with Gasteiger partial charge in [-0.1, -0.05) is 26.7 Å². The number of aliphatic hydroxyl groups excluding tert-OH is 1. The average Bonchev–Trinajstić information content (AvgIpc) is 3.55. The number of aromatic amines is 1. The smallest absolute Gasteiger partial charge is 0.345 e. The molecule has 366 valence electrons. The van der Waals surface area contributed by atoms with Crippen molar-refractivity contribution in [3.8, 4) is 11.8 Å². The second-order valence-corrected chi connectivity index (χ2v) is 18.3. The molecule has 1 aliphatic rings. The molecule has 1 fully saturated rings. The van der Waals surface area contributed by atoms with Crippen LogP contribution in [0.25, 0.3) is 11.2 Å². The third kappa shape index (κ3) is 15.1. The second-order valence-electron chi connectivity index (χ2n) is 14.8.